The molecule has 4 heteroatoms. The average molecular weight is 794 g/mol. The van der Waals surface area contributed by atoms with Gasteiger partial charge in [-0.1, -0.05) is 184 Å². The first-order valence-corrected chi connectivity index (χ1v) is 21.2. The monoisotopic (exact) mass is 793 g/mol. The van der Waals surface area contributed by atoms with E-state index >= 15 is 0 Å². The smallest absolute Gasteiger partial charge is 0.164 e. The van der Waals surface area contributed by atoms with Crippen LogP contribution in [0.1, 0.15) is 25.0 Å². The molecule has 0 aliphatic heterocycles. The number of hydrogen-bond acceptors (Lipinski definition) is 4. The molecular weight excluding hydrogens is 755 g/mol. The van der Waals surface area contributed by atoms with Crippen molar-refractivity contribution in [3.05, 3.63) is 211 Å². The van der Waals surface area contributed by atoms with Crippen molar-refractivity contribution in [3.8, 4) is 78.7 Å². The molecule has 0 unspecified atom stereocenters. The van der Waals surface area contributed by atoms with Gasteiger partial charge in [0.15, 0.2) is 17.5 Å². The van der Waals surface area contributed by atoms with Gasteiger partial charge in [0.2, 0.25) is 0 Å². The van der Waals surface area contributed by atoms with Gasteiger partial charge in [0.25, 0.3) is 0 Å². The summed E-state index contributed by atoms with van der Waals surface area (Å²) in [6, 6.07) is 71.0. The van der Waals surface area contributed by atoms with Crippen LogP contribution in [0.15, 0.2) is 205 Å². The van der Waals surface area contributed by atoms with Crippen LogP contribution < -0.4 is 0 Å². The molecule has 11 aromatic rings. The average Bonchev–Trinajstić information content (AvgIpc) is 3.82. The number of rotatable bonds is 6. The van der Waals surface area contributed by atoms with E-state index < -0.39 is 0 Å². The number of fused-ring (bicyclic) bond motifs is 7. The van der Waals surface area contributed by atoms with Gasteiger partial charge in [-0.15, -0.1) is 0 Å². The Hall–Kier alpha value is -7.95. The van der Waals surface area contributed by atoms with E-state index in [1.165, 1.54) is 55.3 Å². The second-order valence-electron chi connectivity index (χ2n) is 16.7. The van der Waals surface area contributed by atoms with Crippen LogP contribution in [-0.4, -0.2) is 15.0 Å². The molecule has 0 amide bonds. The molecule has 0 atom stereocenters. The lowest BCUT2D eigenvalue weighted by atomic mass is 9.81. The highest BCUT2D eigenvalue weighted by atomic mass is 16.3. The Balaban J connectivity index is 0.962. The number of nitrogens with zero attached hydrogens (tertiary/aromatic N) is 3. The van der Waals surface area contributed by atoms with Crippen LogP contribution in [0, 0.1) is 0 Å². The van der Waals surface area contributed by atoms with Crippen molar-refractivity contribution in [1.29, 1.82) is 0 Å². The van der Waals surface area contributed by atoms with Crippen molar-refractivity contribution in [2.24, 2.45) is 0 Å². The number of benzene rings is 9. The Labute approximate surface area is 359 Å². The van der Waals surface area contributed by atoms with Crippen LogP contribution in [0.3, 0.4) is 0 Å². The van der Waals surface area contributed by atoms with Gasteiger partial charge in [0.1, 0.15) is 11.2 Å². The molecule has 0 fully saturated rings. The standard InChI is InChI=1S/C58H39N3O/c1-58(2)50-25-12-11-23-46(50)47-29-27-39(35-51(47)58)38-19-13-20-40(33-38)42-30-31-43(45-22-10-9-21-44(42)45)41-28-32-52-49(34-41)54-48(24-14-26-53(54)62-52)57-60-55(36-15-5-3-6-16-36)59-56(61-57)37-17-7-4-8-18-37/h3-35H,1-2H3. The molecule has 9 aromatic carbocycles. The topological polar surface area (TPSA) is 51.8 Å². The summed E-state index contributed by atoms with van der Waals surface area (Å²) >= 11 is 0. The van der Waals surface area contributed by atoms with Gasteiger partial charge in [-0.25, -0.2) is 15.0 Å². The summed E-state index contributed by atoms with van der Waals surface area (Å²) < 4.78 is 6.53. The normalized spacial score (nSPS) is 12.8. The quantitative estimate of drug-likeness (QED) is 0.168. The third kappa shape index (κ3) is 5.79. The predicted molar refractivity (Wildman–Crippen MR) is 255 cm³/mol. The fraction of sp³-hybridized carbons (Fsp3) is 0.0517. The summed E-state index contributed by atoms with van der Waals surface area (Å²) in [5, 5.41) is 4.39. The fourth-order valence-corrected chi connectivity index (χ4v) is 9.66. The summed E-state index contributed by atoms with van der Waals surface area (Å²) in [5.41, 5.74) is 16.9. The van der Waals surface area contributed by atoms with Gasteiger partial charge in [-0.3, -0.25) is 0 Å². The maximum Gasteiger partial charge on any atom is 0.164 e. The van der Waals surface area contributed by atoms with Gasteiger partial charge >= 0.3 is 0 Å². The summed E-state index contributed by atoms with van der Waals surface area (Å²) in [4.78, 5) is 15.1. The Kier molecular flexibility index (Phi) is 8.16. The predicted octanol–water partition coefficient (Wildman–Crippen LogP) is 15.2. The van der Waals surface area contributed by atoms with Gasteiger partial charge in [-0.2, -0.15) is 0 Å². The molecule has 62 heavy (non-hydrogen) atoms. The zero-order valence-corrected chi connectivity index (χ0v) is 34.3. The van der Waals surface area contributed by atoms with Crippen LogP contribution in [0.4, 0.5) is 0 Å². The molecular formula is C58H39N3O. The molecule has 292 valence electrons. The van der Waals surface area contributed by atoms with Crippen molar-refractivity contribution in [3.63, 3.8) is 0 Å². The second kappa shape index (κ2) is 14.1. The van der Waals surface area contributed by atoms with Gasteiger partial charge in [-0.05, 0) is 96.7 Å². The van der Waals surface area contributed by atoms with E-state index in [2.05, 4.69) is 141 Å². The number of aromatic nitrogens is 3. The van der Waals surface area contributed by atoms with Crippen molar-refractivity contribution in [1.82, 2.24) is 15.0 Å². The van der Waals surface area contributed by atoms with Crippen molar-refractivity contribution >= 4 is 32.7 Å². The maximum atomic E-state index is 6.53. The maximum absolute atomic E-state index is 6.53. The first-order chi connectivity index (χ1) is 30.5. The van der Waals surface area contributed by atoms with Crippen molar-refractivity contribution in [2.45, 2.75) is 19.3 Å². The van der Waals surface area contributed by atoms with Crippen molar-refractivity contribution in [2.75, 3.05) is 0 Å². The summed E-state index contributed by atoms with van der Waals surface area (Å²) in [6.07, 6.45) is 0. The van der Waals surface area contributed by atoms with Gasteiger partial charge in [0, 0.05) is 32.9 Å². The highest BCUT2D eigenvalue weighted by Gasteiger charge is 2.35. The number of furan rings is 1. The van der Waals surface area contributed by atoms with E-state index in [1.54, 1.807) is 0 Å². The van der Waals surface area contributed by atoms with E-state index in [1.807, 2.05) is 72.8 Å². The molecule has 1 aliphatic rings. The molecule has 2 aromatic heterocycles. The zero-order valence-electron chi connectivity index (χ0n) is 34.3. The lowest BCUT2D eigenvalue weighted by Gasteiger charge is -2.22. The molecule has 0 N–H and O–H groups in total. The van der Waals surface area contributed by atoms with Crippen LogP contribution in [-0.2, 0) is 5.41 Å². The Bertz CT molecular complexity index is 3490. The molecule has 0 spiro atoms. The van der Waals surface area contributed by atoms with Crippen molar-refractivity contribution < 1.29 is 4.42 Å². The molecule has 0 bridgehead atoms. The lowest BCUT2D eigenvalue weighted by Crippen LogP contribution is -2.14. The fourth-order valence-electron chi connectivity index (χ4n) is 9.66. The van der Waals surface area contributed by atoms with Crippen LogP contribution in [0.5, 0.6) is 0 Å². The minimum Gasteiger partial charge on any atom is -0.456 e. The van der Waals surface area contributed by atoms with E-state index in [4.69, 9.17) is 19.4 Å². The van der Waals surface area contributed by atoms with Gasteiger partial charge < -0.3 is 4.42 Å². The summed E-state index contributed by atoms with van der Waals surface area (Å²) in [6.45, 7) is 4.69. The lowest BCUT2D eigenvalue weighted by molar-refractivity contribution is 0.660. The Morgan fingerprint density at radius 2 is 0.839 bits per heavy atom. The Morgan fingerprint density at radius 1 is 0.323 bits per heavy atom. The van der Waals surface area contributed by atoms with Gasteiger partial charge in [0.05, 0.1) is 0 Å². The van der Waals surface area contributed by atoms with E-state index in [-0.39, 0.29) is 5.41 Å². The molecule has 1 aliphatic carbocycles. The minimum atomic E-state index is -0.0521. The summed E-state index contributed by atoms with van der Waals surface area (Å²) in [5.74, 6) is 1.85. The summed E-state index contributed by atoms with van der Waals surface area (Å²) in [7, 11) is 0. The van der Waals surface area contributed by atoms with Crippen LogP contribution >= 0.6 is 0 Å². The minimum absolute atomic E-state index is 0.0521. The van der Waals surface area contributed by atoms with Crippen LogP contribution in [0.2, 0.25) is 0 Å². The highest BCUT2D eigenvalue weighted by molar-refractivity contribution is 6.14. The SMILES string of the molecule is CC1(C)c2ccccc2-c2ccc(-c3cccc(-c4ccc(-c5ccc6oc7cccc(-c8nc(-c9ccccc9)nc(-c9ccccc9)n8)c7c6c5)c5ccccc45)c3)cc21. The zero-order chi connectivity index (χ0) is 41.4. The van der Waals surface area contributed by atoms with Crippen LogP contribution in [0.25, 0.3) is 111 Å². The highest BCUT2D eigenvalue weighted by Crippen LogP contribution is 2.50. The molecule has 4 nitrogen and oxygen atoms in total. The third-order valence-corrected chi connectivity index (χ3v) is 12.8. The molecule has 0 saturated heterocycles. The molecule has 2 heterocycles. The molecule has 0 radical (unpaired) electrons. The first kappa shape index (κ1) is 35.9. The molecule has 0 saturated carbocycles. The largest absolute Gasteiger partial charge is 0.456 e. The molecule has 12 rings (SSSR count). The number of hydrogen-bond donors (Lipinski definition) is 0. The van der Waals surface area contributed by atoms with E-state index in [9.17, 15) is 0 Å². The van der Waals surface area contributed by atoms with E-state index in [0.717, 1.165) is 49.8 Å². The van der Waals surface area contributed by atoms with E-state index in [0.29, 0.717) is 17.5 Å². The third-order valence-electron chi connectivity index (χ3n) is 12.8. The second-order valence-corrected chi connectivity index (χ2v) is 16.7. The first-order valence-electron chi connectivity index (χ1n) is 21.2. The Morgan fingerprint density at radius 3 is 1.56 bits per heavy atom.